The molecule has 1 heterocycles. The number of aromatic nitrogens is 2. The molecule has 7 heteroatoms. The van der Waals surface area contributed by atoms with E-state index in [-0.39, 0.29) is 0 Å². The van der Waals surface area contributed by atoms with Crippen molar-refractivity contribution in [3.63, 3.8) is 0 Å². The van der Waals surface area contributed by atoms with Crippen molar-refractivity contribution >= 4 is 11.6 Å². The van der Waals surface area contributed by atoms with E-state index in [2.05, 4.69) is 10.1 Å². The summed E-state index contributed by atoms with van der Waals surface area (Å²) in [6.07, 6.45) is 0. The van der Waals surface area contributed by atoms with Crippen molar-refractivity contribution in [3.05, 3.63) is 41.4 Å². The second-order valence-electron chi connectivity index (χ2n) is 5.30. The lowest BCUT2D eigenvalue weighted by molar-refractivity contribution is 0.288. The molecule has 26 heavy (non-hydrogen) atoms. The highest BCUT2D eigenvalue weighted by Gasteiger charge is 2.17. The van der Waals surface area contributed by atoms with E-state index in [1.165, 1.54) is 0 Å². The first-order valence-electron chi connectivity index (χ1n) is 8.23. The Morgan fingerprint density at radius 3 is 2.42 bits per heavy atom. The Morgan fingerprint density at radius 2 is 1.69 bits per heavy atom. The van der Waals surface area contributed by atoms with Gasteiger partial charge in [0.15, 0.2) is 11.5 Å². The predicted octanol–water partition coefficient (Wildman–Crippen LogP) is 4.86. The quantitative estimate of drug-likeness (QED) is 0.588. The minimum Gasteiger partial charge on any atom is -0.496 e. The van der Waals surface area contributed by atoms with Crippen molar-refractivity contribution < 1.29 is 18.7 Å². The van der Waals surface area contributed by atoms with Crippen molar-refractivity contribution in [2.75, 3.05) is 20.3 Å². The third kappa shape index (κ3) is 3.75. The average molecular weight is 375 g/mol. The smallest absolute Gasteiger partial charge is 0.258 e. The first-order chi connectivity index (χ1) is 12.7. The second-order valence-corrected chi connectivity index (χ2v) is 5.73. The molecule has 0 aliphatic carbocycles. The number of halogens is 1. The molecule has 0 radical (unpaired) electrons. The SMILES string of the molecule is CCOc1ccc(-c2nc(-c3cc(Cl)ccc3OC)no2)cc1OCC. The summed E-state index contributed by atoms with van der Waals surface area (Å²) in [5, 5.41) is 4.61. The largest absolute Gasteiger partial charge is 0.496 e. The molecular weight excluding hydrogens is 356 g/mol. The molecule has 3 rings (SSSR count). The first-order valence-corrected chi connectivity index (χ1v) is 8.61. The highest BCUT2D eigenvalue weighted by atomic mass is 35.5. The molecule has 0 spiro atoms. The van der Waals surface area contributed by atoms with E-state index in [9.17, 15) is 0 Å². The van der Waals surface area contributed by atoms with Gasteiger partial charge in [0.2, 0.25) is 5.82 Å². The van der Waals surface area contributed by atoms with Crippen LogP contribution in [0.25, 0.3) is 22.8 Å². The van der Waals surface area contributed by atoms with Gasteiger partial charge >= 0.3 is 0 Å². The zero-order valence-corrected chi connectivity index (χ0v) is 15.5. The molecule has 0 saturated heterocycles. The fraction of sp³-hybridized carbons (Fsp3) is 0.263. The molecule has 0 aliphatic rings. The van der Waals surface area contributed by atoms with Gasteiger partial charge in [0.25, 0.3) is 5.89 Å². The van der Waals surface area contributed by atoms with Crippen LogP contribution in [0.2, 0.25) is 5.02 Å². The number of hydrogen-bond acceptors (Lipinski definition) is 6. The topological polar surface area (TPSA) is 66.6 Å². The molecule has 0 saturated carbocycles. The van der Waals surface area contributed by atoms with Crippen LogP contribution in [0.1, 0.15) is 13.8 Å². The van der Waals surface area contributed by atoms with Gasteiger partial charge in [0.05, 0.1) is 25.9 Å². The summed E-state index contributed by atoms with van der Waals surface area (Å²) in [5.74, 6) is 2.68. The summed E-state index contributed by atoms with van der Waals surface area (Å²) in [5.41, 5.74) is 1.39. The molecule has 0 aliphatic heterocycles. The number of benzene rings is 2. The summed E-state index contributed by atoms with van der Waals surface area (Å²) >= 11 is 6.08. The zero-order chi connectivity index (χ0) is 18.5. The van der Waals surface area contributed by atoms with Crippen LogP contribution in [0.5, 0.6) is 17.2 Å². The fourth-order valence-corrected chi connectivity index (χ4v) is 2.66. The molecule has 0 bridgehead atoms. The van der Waals surface area contributed by atoms with Crippen LogP contribution in [0.4, 0.5) is 0 Å². The number of nitrogens with zero attached hydrogens (tertiary/aromatic N) is 2. The molecule has 0 amide bonds. The van der Waals surface area contributed by atoms with Gasteiger partial charge < -0.3 is 18.7 Å². The van der Waals surface area contributed by atoms with Crippen LogP contribution in [-0.2, 0) is 0 Å². The number of hydrogen-bond donors (Lipinski definition) is 0. The third-order valence-corrected chi connectivity index (χ3v) is 3.85. The van der Waals surface area contributed by atoms with E-state index < -0.39 is 0 Å². The Kier molecular flexibility index (Phi) is 5.63. The summed E-state index contributed by atoms with van der Waals surface area (Å²) in [6, 6.07) is 10.7. The van der Waals surface area contributed by atoms with E-state index >= 15 is 0 Å². The zero-order valence-electron chi connectivity index (χ0n) is 14.8. The van der Waals surface area contributed by atoms with Gasteiger partial charge in [0.1, 0.15) is 5.75 Å². The molecule has 0 fully saturated rings. The Morgan fingerprint density at radius 1 is 0.962 bits per heavy atom. The molecule has 1 aromatic heterocycles. The normalized spacial score (nSPS) is 10.6. The summed E-state index contributed by atoms with van der Waals surface area (Å²) in [7, 11) is 1.58. The van der Waals surface area contributed by atoms with E-state index in [1.807, 2.05) is 32.0 Å². The van der Waals surface area contributed by atoms with Gasteiger partial charge in [0, 0.05) is 10.6 Å². The standard InChI is InChI=1S/C19H19ClN2O4/c1-4-24-16-8-6-12(10-17(16)25-5-2)19-21-18(22-26-19)14-11-13(20)7-9-15(14)23-3/h6-11H,4-5H2,1-3H3. The van der Waals surface area contributed by atoms with Crippen molar-refractivity contribution in [1.29, 1.82) is 0 Å². The van der Waals surface area contributed by atoms with E-state index in [4.69, 9.17) is 30.3 Å². The maximum absolute atomic E-state index is 6.08. The summed E-state index contributed by atoms with van der Waals surface area (Å²) in [4.78, 5) is 4.46. The number of ether oxygens (including phenoxy) is 3. The molecule has 6 nitrogen and oxygen atoms in total. The Balaban J connectivity index is 1.97. The molecule has 0 N–H and O–H groups in total. The predicted molar refractivity (Wildman–Crippen MR) is 99.1 cm³/mol. The Bertz CT molecular complexity index is 895. The van der Waals surface area contributed by atoms with E-state index in [0.717, 1.165) is 5.56 Å². The molecular formula is C19H19ClN2O4. The van der Waals surface area contributed by atoms with Crippen molar-refractivity contribution in [1.82, 2.24) is 10.1 Å². The third-order valence-electron chi connectivity index (χ3n) is 3.62. The van der Waals surface area contributed by atoms with Gasteiger partial charge in [-0.2, -0.15) is 4.98 Å². The highest BCUT2D eigenvalue weighted by molar-refractivity contribution is 6.30. The fourth-order valence-electron chi connectivity index (χ4n) is 2.49. The molecule has 136 valence electrons. The first kappa shape index (κ1) is 18.1. The van der Waals surface area contributed by atoms with Crippen molar-refractivity contribution in [3.8, 4) is 40.1 Å². The summed E-state index contributed by atoms with van der Waals surface area (Å²) < 4.78 is 22.0. The van der Waals surface area contributed by atoms with Gasteiger partial charge in [-0.3, -0.25) is 0 Å². The lowest BCUT2D eigenvalue weighted by atomic mass is 10.2. The van der Waals surface area contributed by atoms with Crippen LogP contribution in [0, 0.1) is 0 Å². The monoisotopic (exact) mass is 374 g/mol. The molecule has 0 atom stereocenters. The van der Waals surface area contributed by atoms with Gasteiger partial charge in [-0.15, -0.1) is 0 Å². The molecule has 2 aromatic carbocycles. The van der Waals surface area contributed by atoms with Gasteiger partial charge in [-0.05, 0) is 50.2 Å². The lowest BCUT2D eigenvalue weighted by Crippen LogP contribution is -1.98. The molecule has 3 aromatic rings. The van der Waals surface area contributed by atoms with Crippen LogP contribution < -0.4 is 14.2 Å². The Hall–Kier alpha value is -2.73. The maximum Gasteiger partial charge on any atom is 0.258 e. The van der Waals surface area contributed by atoms with Crippen molar-refractivity contribution in [2.24, 2.45) is 0 Å². The van der Waals surface area contributed by atoms with E-state index in [0.29, 0.717) is 52.8 Å². The minimum atomic E-state index is 0.367. The van der Waals surface area contributed by atoms with Gasteiger partial charge in [-0.1, -0.05) is 16.8 Å². The molecule has 0 unspecified atom stereocenters. The Labute approximate surface area is 156 Å². The maximum atomic E-state index is 6.08. The average Bonchev–Trinajstić information content (AvgIpc) is 3.13. The van der Waals surface area contributed by atoms with E-state index in [1.54, 1.807) is 25.3 Å². The van der Waals surface area contributed by atoms with Crippen LogP contribution in [0.15, 0.2) is 40.9 Å². The van der Waals surface area contributed by atoms with Gasteiger partial charge in [-0.25, -0.2) is 0 Å². The van der Waals surface area contributed by atoms with Crippen LogP contribution in [0.3, 0.4) is 0 Å². The number of methoxy groups -OCH3 is 1. The van der Waals surface area contributed by atoms with Crippen LogP contribution >= 0.6 is 11.6 Å². The number of rotatable bonds is 7. The highest BCUT2D eigenvalue weighted by Crippen LogP contribution is 2.35. The van der Waals surface area contributed by atoms with Crippen molar-refractivity contribution in [2.45, 2.75) is 13.8 Å². The second kappa shape index (κ2) is 8.10. The summed E-state index contributed by atoms with van der Waals surface area (Å²) in [6.45, 7) is 4.92. The minimum absolute atomic E-state index is 0.367. The van der Waals surface area contributed by atoms with Crippen LogP contribution in [-0.4, -0.2) is 30.5 Å². The lowest BCUT2D eigenvalue weighted by Gasteiger charge is -2.11.